The van der Waals surface area contributed by atoms with Gasteiger partial charge in [-0.2, -0.15) is 0 Å². The molecule has 0 radical (unpaired) electrons. The number of nitrogens with zero attached hydrogens (tertiary/aromatic N) is 2. The smallest absolute Gasteiger partial charge is 0.269 e. The molecule has 1 heterocycles. The van der Waals surface area contributed by atoms with E-state index in [2.05, 4.69) is 4.98 Å². The van der Waals surface area contributed by atoms with Gasteiger partial charge in [0.25, 0.3) is 5.56 Å². The number of fused-ring (bicyclic) bond motifs is 1. The Hall–Kier alpha value is -1.68. The van der Waals surface area contributed by atoms with Gasteiger partial charge < -0.3 is 9.67 Å². The Labute approximate surface area is 93.2 Å². The van der Waals surface area contributed by atoms with Crippen LogP contribution in [0.25, 0.3) is 11.0 Å². The van der Waals surface area contributed by atoms with Crippen molar-refractivity contribution in [3.63, 3.8) is 0 Å². The number of aliphatic hydroxyl groups is 1. The zero-order chi connectivity index (χ0) is 11.5. The molecule has 4 nitrogen and oxygen atoms in total. The second kappa shape index (κ2) is 4.45. The molecule has 0 spiro atoms. The van der Waals surface area contributed by atoms with Crippen molar-refractivity contribution >= 4 is 11.0 Å². The minimum atomic E-state index is -0.404. The standard InChI is InChI=1S/C12H14N2O2/c1-9(15)6-7-14-11-5-3-2-4-10(11)13-8-12(14)16/h2-5,8-9,15H,6-7H2,1H3. The summed E-state index contributed by atoms with van der Waals surface area (Å²) in [5, 5.41) is 9.25. The SMILES string of the molecule is CC(O)CCn1c(=O)cnc2ccccc21. The third kappa shape index (κ3) is 2.12. The third-order valence-electron chi connectivity index (χ3n) is 2.52. The van der Waals surface area contributed by atoms with Crippen molar-refractivity contribution in [2.24, 2.45) is 0 Å². The zero-order valence-electron chi connectivity index (χ0n) is 9.13. The van der Waals surface area contributed by atoms with Crippen LogP contribution in [0, 0.1) is 0 Å². The number of aryl methyl sites for hydroxylation is 1. The highest BCUT2D eigenvalue weighted by Gasteiger charge is 2.04. The number of para-hydroxylation sites is 2. The van der Waals surface area contributed by atoms with Gasteiger partial charge in [-0.05, 0) is 25.5 Å². The van der Waals surface area contributed by atoms with Crippen molar-refractivity contribution in [3.05, 3.63) is 40.8 Å². The van der Waals surface area contributed by atoms with Crippen LogP contribution in [0.15, 0.2) is 35.3 Å². The lowest BCUT2D eigenvalue weighted by molar-refractivity contribution is 0.178. The van der Waals surface area contributed by atoms with Gasteiger partial charge in [-0.1, -0.05) is 12.1 Å². The molecule has 0 bridgehead atoms. The van der Waals surface area contributed by atoms with Gasteiger partial charge in [-0.25, -0.2) is 4.98 Å². The Kier molecular flexibility index (Phi) is 3.01. The zero-order valence-corrected chi connectivity index (χ0v) is 9.13. The first kappa shape index (κ1) is 10.8. The van der Waals surface area contributed by atoms with E-state index in [1.807, 2.05) is 24.3 Å². The molecule has 0 aliphatic rings. The molecule has 84 valence electrons. The van der Waals surface area contributed by atoms with Crippen LogP contribution in [0.4, 0.5) is 0 Å². The predicted octanol–water partition coefficient (Wildman–Crippen LogP) is 1.17. The Morgan fingerprint density at radius 2 is 2.19 bits per heavy atom. The summed E-state index contributed by atoms with van der Waals surface area (Å²) in [6.45, 7) is 2.23. The van der Waals surface area contributed by atoms with Gasteiger partial charge in [0.15, 0.2) is 0 Å². The molecule has 1 aromatic heterocycles. The van der Waals surface area contributed by atoms with Crippen LogP contribution >= 0.6 is 0 Å². The topological polar surface area (TPSA) is 55.1 Å². The first-order chi connectivity index (χ1) is 7.68. The van der Waals surface area contributed by atoms with E-state index >= 15 is 0 Å². The summed E-state index contributed by atoms with van der Waals surface area (Å²) in [5.74, 6) is 0. The lowest BCUT2D eigenvalue weighted by Gasteiger charge is -2.10. The van der Waals surface area contributed by atoms with Crippen LogP contribution in [0.3, 0.4) is 0 Å². The average Bonchev–Trinajstić information content (AvgIpc) is 2.27. The molecule has 0 aliphatic heterocycles. The molecular weight excluding hydrogens is 204 g/mol. The largest absolute Gasteiger partial charge is 0.393 e. The fourth-order valence-corrected chi connectivity index (χ4v) is 1.66. The van der Waals surface area contributed by atoms with Crippen molar-refractivity contribution in [1.29, 1.82) is 0 Å². The van der Waals surface area contributed by atoms with Crippen LogP contribution in [0.5, 0.6) is 0 Å². The molecule has 2 aromatic rings. The molecule has 1 N–H and O–H groups in total. The number of rotatable bonds is 3. The Bertz CT molecular complexity index is 546. The van der Waals surface area contributed by atoms with E-state index in [1.54, 1.807) is 11.5 Å². The molecule has 0 saturated carbocycles. The Morgan fingerprint density at radius 1 is 1.44 bits per heavy atom. The van der Waals surface area contributed by atoms with E-state index in [4.69, 9.17) is 0 Å². The molecule has 1 atom stereocenters. The lowest BCUT2D eigenvalue weighted by atomic mass is 10.2. The van der Waals surface area contributed by atoms with E-state index in [9.17, 15) is 9.90 Å². The van der Waals surface area contributed by atoms with Gasteiger partial charge in [0, 0.05) is 6.54 Å². The fourth-order valence-electron chi connectivity index (χ4n) is 1.66. The van der Waals surface area contributed by atoms with Crippen molar-refractivity contribution in [1.82, 2.24) is 9.55 Å². The highest BCUT2D eigenvalue weighted by Crippen LogP contribution is 2.08. The van der Waals surface area contributed by atoms with Gasteiger partial charge >= 0.3 is 0 Å². The maximum absolute atomic E-state index is 11.7. The molecule has 0 aliphatic carbocycles. The van der Waals surface area contributed by atoms with Crippen molar-refractivity contribution in [3.8, 4) is 0 Å². The quantitative estimate of drug-likeness (QED) is 0.841. The molecule has 0 saturated heterocycles. The Morgan fingerprint density at radius 3 is 2.94 bits per heavy atom. The fraction of sp³-hybridized carbons (Fsp3) is 0.333. The molecule has 0 fully saturated rings. The first-order valence-corrected chi connectivity index (χ1v) is 5.31. The Balaban J connectivity index is 2.49. The van der Waals surface area contributed by atoms with E-state index in [0.717, 1.165) is 11.0 Å². The van der Waals surface area contributed by atoms with Crippen molar-refractivity contribution < 1.29 is 5.11 Å². The number of benzene rings is 1. The van der Waals surface area contributed by atoms with Crippen LogP contribution in [0.2, 0.25) is 0 Å². The number of aromatic nitrogens is 2. The maximum atomic E-state index is 11.7. The van der Waals surface area contributed by atoms with Crippen LogP contribution in [-0.2, 0) is 6.54 Å². The lowest BCUT2D eigenvalue weighted by Crippen LogP contribution is -2.22. The molecule has 4 heteroatoms. The van der Waals surface area contributed by atoms with Crippen molar-refractivity contribution in [2.75, 3.05) is 0 Å². The molecule has 2 rings (SSSR count). The molecule has 1 unspecified atom stereocenters. The monoisotopic (exact) mass is 218 g/mol. The summed E-state index contributed by atoms with van der Waals surface area (Å²) < 4.78 is 1.65. The van der Waals surface area contributed by atoms with E-state index < -0.39 is 6.10 Å². The summed E-state index contributed by atoms with van der Waals surface area (Å²) in [7, 11) is 0. The van der Waals surface area contributed by atoms with Gasteiger partial charge in [-0.3, -0.25) is 4.79 Å². The maximum Gasteiger partial charge on any atom is 0.269 e. The van der Waals surface area contributed by atoms with Crippen LogP contribution < -0.4 is 5.56 Å². The predicted molar refractivity (Wildman–Crippen MR) is 62.3 cm³/mol. The van der Waals surface area contributed by atoms with Gasteiger partial charge in [-0.15, -0.1) is 0 Å². The number of hydrogen-bond donors (Lipinski definition) is 1. The highest BCUT2D eigenvalue weighted by molar-refractivity contribution is 5.74. The van der Waals surface area contributed by atoms with Gasteiger partial charge in [0.1, 0.15) is 0 Å². The van der Waals surface area contributed by atoms with Gasteiger partial charge in [0.2, 0.25) is 0 Å². The third-order valence-corrected chi connectivity index (χ3v) is 2.52. The molecule has 16 heavy (non-hydrogen) atoms. The normalized spacial score (nSPS) is 12.9. The van der Waals surface area contributed by atoms with Crippen LogP contribution in [0.1, 0.15) is 13.3 Å². The number of aliphatic hydroxyl groups excluding tert-OH is 1. The molecule has 0 amide bonds. The summed E-state index contributed by atoms with van der Waals surface area (Å²) in [6, 6.07) is 7.50. The van der Waals surface area contributed by atoms with Crippen LogP contribution in [-0.4, -0.2) is 20.8 Å². The van der Waals surface area contributed by atoms with E-state index in [1.165, 1.54) is 6.20 Å². The highest BCUT2D eigenvalue weighted by atomic mass is 16.3. The minimum Gasteiger partial charge on any atom is -0.393 e. The summed E-state index contributed by atoms with van der Waals surface area (Å²) >= 11 is 0. The second-order valence-electron chi connectivity index (χ2n) is 3.87. The number of hydrogen-bond acceptors (Lipinski definition) is 3. The minimum absolute atomic E-state index is 0.126. The summed E-state index contributed by atoms with van der Waals surface area (Å²) in [6.07, 6.45) is 1.48. The molecule has 1 aromatic carbocycles. The molecular formula is C12H14N2O2. The summed E-state index contributed by atoms with van der Waals surface area (Å²) in [5.41, 5.74) is 1.49. The van der Waals surface area contributed by atoms with E-state index in [-0.39, 0.29) is 5.56 Å². The first-order valence-electron chi connectivity index (χ1n) is 5.31. The van der Waals surface area contributed by atoms with Gasteiger partial charge in [0.05, 0.1) is 23.3 Å². The van der Waals surface area contributed by atoms with E-state index in [0.29, 0.717) is 13.0 Å². The van der Waals surface area contributed by atoms with Crippen molar-refractivity contribution in [2.45, 2.75) is 26.0 Å². The average molecular weight is 218 g/mol. The summed E-state index contributed by atoms with van der Waals surface area (Å²) in [4.78, 5) is 15.7. The second-order valence-corrected chi connectivity index (χ2v) is 3.87.